The molecule has 144 valence electrons. The Bertz CT molecular complexity index is 1320. The van der Waals surface area contributed by atoms with Gasteiger partial charge in [-0.2, -0.15) is 0 Å². The number of phenols is 1. The fraction of sp³-hybridized carbons (Fsp3) is 0. The van der Waals surface area contributed by atoms with Crippen molar-refractivity contribution in [2.45, 2.75) is 0 Å². The number of carbonyl (C=O) groups is 2. The Morgan fingerprint density at radius 3 is 2.28 bits per heavy atom. The third-order valence-electron chi connectivity index (χ3n) is 4.22. The Kier molecular flexibility index (Phi) is 4.12. The number of aromatic hydroxyl groups is 3. The topological polar surface area (TPSA) is 150 Å². The molecule has 0 aliphatic heterocycles. The highest BCUT2D eigenvalue weighted by atomic mass is 16.5. The number of carboxylic acids is 1. The molecule has 4 rings (SSSR count). The number of phenolic OH excluding ortho intramolecular Hbond substituents is 1. The molecular weight excluding hydrogens is 380 g/mol. The fourth-order valence-electron chi connectivity index (χ4n) is 2.85. The number of aromatic carboxylic acids is 1. The second-order valence-corrected chi connectivity index (χ2v) is 6.07. The van der Waals surface area contributed by atoms with Crippen LogP contribution in [0.2, 0.25) is 0 Å². The minimum atomic E-state index is -1.40. The Morgan fingerprint density at radius 1 is 0.828 bits per heavy atom. The number of para-hydroxylation sites is 1. The second kappa shape index (κ2) is 6.64. The number of nitrogens with zero attached hydrogens (tertiary/aromatic N) is 2. The highest BCUT2D eigenvalue weighted by molar-refractivity contribution is 5.98. The van der Waals surface area contributed by atoms with Gasteiger partial charge in [0.2, 0.25) is 0 Å². The van der Waals surface area contributed by atoms with Crippen LogP contribution in [0, 0.1) is 0 Å². The van der Waals surface area contributed by atoms with Gasteiger partial charge in [0.25, 0.3) is 0 Å². The number of aromatic nitrogens is 2. The first-order chi connectivity index (χ1) is 13.8. The van der Waals surface area contributed by atoms with E-state index in [2.05, 4.69) is 9.97 Å². The number of pyridine rings is 2. The lowest BCUT2D eigenvalue weighted by molar-refractivity contribution is 0.0687. The Morgan fingerprint density at radius 2 is 1.52 bits per heavy atom. The van der Waals surface area contributed by atoms with Crippen molar-refractivity contribution in [3.05, 3.63) is 59.9 Å². The average molecular weight is 392 g/mol. The molecule has 2 heterocycles. The minimum Gasteiger partial charge on any atom is -0.507 e. The number of hydrogen-bond donors (Lipinski definition) is 4. The summed E-state index contributed by atoms with van der Waals surface area (Å²) >= 11 is 0. The molecule has 2 aromatic carbocycles. The summed E-state index contributed by atoms with van der Waals surface area (Å²) < 4.78 is 5.15. The number of benzene rings is 2. The van der Waals surface area contributed by atoms with Crippen molar-refractivity contribution in [1.82, 2.24) is 9.97 Å². The summed E-state index contributed by atoms with van der Waals surface area (Å²) in [6, 6.07) is 11.3. The van der Waals surface area contributed by atoms with Crippen molar-refractivity contribution in [3.8, 4) is 23.0 Å². The van der Waals surface area contributed by atoms with Gasteiger partial charge in [-0.1, -0.05) is 12.1 Å². The van der Waals surface area contributed by atoms with Gasteiger partial charge in [0.1, 0.15) is 17.0 Å². The molecule has 0 unspecified atom stereocenters. The van der Waals surface area contributed by atoms with Crippen LogP contribution in [0.3, 0.4) is 0 Å². The van der Waals surface area contributed by atoms with Crippen LogP contribution in [-0.2, 0) is 0 Å². The van der Waals surface area contributed by atoms with Crippen LogP contribution in [0.4, 0.5) is 0 Å². The van der Waals surface area contributed by atoms with Gasteiger partial charge >= 0.3 is 11.9 Å². The van der Waals surface area contributed by atoms with Crippen LogP contribution >= 0.6 is 0 Å². The lowest BCUT2D eigenvalue weighted by atomic mass is 10.1. The van der Waals surface area contributed by atoms with Crippen molar-refractivity contribution in [1.29, 1.82) is 0 Å². The Hall–Kier alpha value is -4.40. The molecule has 0 fully saturated rings. The van der Waals surface area contributed by atoms with Crippen LogP contribution < -0.4 is 4.74 Å². The zero-order chi connectivity index (χ0) is 20.7. The number of esters is 1. The molecule has 0 aliphatic carbocycles. The van der Waals surface area contributed by atoms with Crippen molar-refractivity contribution in [2.75, 3.05) is 0 Å². The van der Waals surface area contributed by atoms with Crippen LogP contribution in [0.15, 0.2) is 48.5 Å². The van der Waals surface area contributed by atoms with Gasteiger partial charge in [0.15, 0.2) is 22.9 Å². The maximum absolute atomic E-state index is 12.5. The van der Waals surface area contributed by atoms with E-state index in [1.165, 1.54) is 12.1 Å². The van der Waals surface area contributed by atoms with E-state index in [4.69, 9.17) is 9.84 Å². The zero-order valence-electron chi connectivity index (χ0n) is 14.5. The summed E-state index contributed by atoms with van der Waals surface area (Å²) in [5, 5.41) is 40.0. The number of ether oxygens (including phenoxy) is 1. The van der Waals surface area contributed by atoms with Gasteiger partial charge in [-0.15, -0.1) is 0 Å². The smallest absolute Gasteiger partial charge is 0.362 e. The molecule has 0 radical (unpaired) electrons. The molecule has 0 atom stereocenters. The number of carbonyl (C=O) groups excluding carboxylic acids is 1. The van der Waals surface area contributed by atoms with Gasteiger partial charge in [0, 0.05) is 22.9 Å². The van der Waals surface area contributed by atoms with Gasteiger partial charge in [-0.25, -0.2) is 19.6 Å². The van der Waals surface area contributed by atoms with E-state index in [0.29, 0.717) is 10.9 Å². The van der Waals surface area contributed by atoms with Crippen LogP contribution in [-0.4, -0.2) is 42.3 Å². The van der Waals surface area contributed by atoms with Gasteiger partial charge in [-0.3, -0.25) is 0 Å². The normalized spacial score (nSPS) is 10.9. The quantitative estimate of drug-likeness (QED) is 0.305. The lowest BCUT2D eigenvalue weighted by Crippen LogP contribution is -2.11. The predicted octanol–water partition coefficient (Wildman–Crippen LogP) is 2.82. The molecule has 2 aromatic heterocycles. The maximum atomic E-state index is 12.5. The molecule has 4 N–H and O–H groups in total. The average Bonchev–Trinajstić information content (AvgIpc) is 2.70. The fourth-order valence-corrected chi connectivity index (χ4v) is 2.85. The SMILES string of the molecule is O=C(O)c1cc(O)c2ccc(OC(=O)c3cc(O)c4ccccc4n3)c(O)c2n1. The molecule has 29 heavy (non-hydrogen) atoms. The summed E-state index contributed by atoms with van der Waals surface area (Å²) in [7, 11) is 0. The Balaban J connectivity index is 1.75. The van der Waals surface area contributed by atoms with E-state index in [9.17, 15) is 24.9 Å². The van der Waals surface area contributed by atoms with Crippen molar-refractivity contribution in [2.24, 2.45) is 0 Å². The molecule has 0 spiro atoms. The predicted molar refractivity (Wildman–Crippen MR) is 100 cm³/mol. The van der Waals surface area contributed by atoms with E-state index in [0.717, 1.165) is 12.1 Å². The van der Waals surface area contributed by atoms with Gasteiger partial charge < -0.3 is 25.2 Å². The monoisotopic (exact) mass is 392 g/mol. The summed E-state index contributed by atoms with van der Waals surface area (Å²) in [5.41, 5.74) is -0.562. The van der Waals surface area contributed by atoms with Crippen molar-refractivity contribution >= 4 is 33.7 Å². The highest BCUT2D eigenvalue weighted by Gasteiger charge is 2.20. The first-order valence-corrected chi connectivity index (χ1v) is 8.25. The van der Waals surface area contributed by atoms with E-state index in [1.807, 2.05) is 0 Å². The molecule has 9 nitrogen and oxygen atoms in total. The Labute approximate surface area is 162 Å². The van der Waals surface area contributed by atoms with Crippen molar-refractivity contribution in [3.63, 3.8) is 0 Å². The summed E-state index contributed by atoms with van der Waals surface area (Å²) in [5.74, 6) is -3.87. The largest absolute Gasteiger partial charge is 0.507 e. The van der Waals surface area contributed by atoms with E-state index >= 15 is 0 Å². The van der Waals surface area contributed by atoms with E-state index in [1.54, 1.807) is 24.3 Å². The lowest BCUT2D eigenvalue weighted by Gasteiger charge is -2.10. The minimum absolute atomic E-state index is 0.0776. The first kappa shape index (κ1) is 18.0. The third-order valence-corrected chi connectivity index (χ3v) is 4.22. The van der Waals surface area contributed by atoms with Crippen molar-refractivity contribution < 1.29 is 34.8 Å². The molecule has 0 saturated heterocycles. The molecule has 9 heteroatoms. The zero-order valence-corrected chi connectivity index (χ0v) is 14.5. The van der Waals surface area contributed by atoms with Crippen LogP contribution in [0.5, 0.6) is 23.0 Å². The van der Waals surface area contributed by atoms with Gasteiger partial charge in [-0.05, 0) is 24.3 Å². The molecule has 0 saturated carbocycles. The summed E-state index contributed by atoms with van der Waals surface area (Å²) in [6.07, 6.45) is 0. The maximum Gasteiger partial charge on any atom is 0.362 e. The molecular formula is C20H12N2O7. The summed E-state index contributed by atoms with van der Waals surface area (Å²) in [6.45, 7) is 0. The third kappa shape index (κ3) is 3.10. The number of rotatable bonds is 3. The molecule has 0 aliphatic rings. The van der Waals surface area contributed by atoms with Crippen LogP contribution in [0.25, 0.3) is 21.8 Å². The van der Waals surface area contributed by atoms with Gasteiger partial charge in [0.05, 0.1) is 5.52 Å². The second-order valence-electron chi connectivity index (χ2n) is 6.07. The number of hydrogen-bond acceptors (Lipinski definition) is 8. The van der Waals surface area contributed by atoms with Crippen LogP contribution in [0.1, 0.15) is 21.0 Å². The highest BCUT2D eigenvalue weighted by Crippen LogP contribution is 2.37. The molecule has 4 aromatic rings. The summed E-state index contributed by atoms with van der Waals surface area (Å²) in [4.78, 5) is 31.5. The first-order valence-electron chi connectivity index (χ1n) is 8.25. The molecule has 0 bridgehead atoms. The number of fused-ring (bicyclic) bond motifs is 2. The van der Waals surface area contributed by atoms with E-state index in [-0.39, 0.29) is 28.1 Å². The molecule has 0 amide bonds. The standard InChI is InChI=1S/C20H12N2O7/c23-14-8-13(21-11-4-2-1-3-9(11)14)20(28)29-16-6-5-10-15(24)7-12(19(26)27)22-17(10)18(16)25/h1-8,25H,(H,21,23)(H,22,24)(H,26,27). The van der Waals surface area contributed by atoms with E-state index < -0.39 is 29.1 Å². The number of carboxylic acid groups (broad SMARTS) is 1.